The van der Waals surface area contributed by atoms with Crippen molar-refractivity contribution in [3.63, 3.8) is 0 Å². The molecule has 0 saturated carbocycles. The van der Waals surface area contributed by atoms with Gasteiger partial charge in [-0.15, -0.1) is 0 Å². The van der Waals surface area contributed by atoms with E-state index in [0.29, 0.717) is 12.2 Å². The second-order valence-corrected chi connectivity index (χ2v) is 4.29. The summed E-state index contributed by atoms with van der Waals surface area (Å²) < 4.78 is 1.92. The molecule has 0 atom stereocenters. The van der Waals surface area contributed by atoms with Gasteiger partial charge in [0.1, 0.15) is 5.82 Å². The molecule has 0 aliphatic carbocycles. The molecule has 0 spiro atoms. The summed E-state index contributed by atoms with van der Waals surface area (Å²) >= 11 is 0. The Balaban J connectivity index is 1.96. The molecule has 2 N–H and O–H groups in total. The highest BCUT2D eigenvalue weighted by molar-refractivity contribution is 5.42. The van der Waals surface area contributed by atoms with Gasteiger partial charge in [0, 0.05) is 30.1 Å². The van der Waals surface area contributed by atoms with Crippen LogP contribution in [0.5, 0.6) is 0 Å². The van der Waals surface area contributed by atoms with Crippen LogP contribution < -0.4 is 5.73 Å². The first-order chi connectivity index (χ1) is 9.34. The van der Waals surface area contributed by atoms with Gasteiger partial charge in [-0.25, -0.2) is 9.67 Å². The number of nitrogen functional groups attached to an aromatic ring is 1. The number of nitrogens with zero attached hydrogens (tertiary/aromatic N) is 3. The van der Waals surface area contributed by atoms with Crippen LogP contribution >= 0.6 is 0 Å². The van der Waals surface area contributed by atoms with Gasteiger partial charge < -0.3 is 5.73 Å². The molecule has 0 aliphatic heterocycles. The fraction of sp³-hybridized carbons (Fsp3) is 0.0667. The van der Waals surface area contributed by atoms with E-state index in [4.69, 9.17) is 5.73 Å². The lowest BCUT2D eigenvalue weighted by atomic mass is 10.1. The van der Waals surface area contributed by atoms with Gasteiger partial charge in [0.15, 0.2) is 0 Å². The maximum atomic E-state index is 5.89. The highest BCUT2D eigenvalue weighted by Crippen LogP contribution is 2.16. The van der Waals surface area contributed by atoms with Crippen LogP contribution in [0.1, 0.15) is 11.3 Å². The van der Waals surface area contributed by atoms with Gasteiger partial charge in [-0.2, -0.15) is 5.10 Å². The van der Waals surface area contributed by atoms with E-state index in [1.54, 1.807) is 12.4 Å². The molecule has 0 fully saturated rings. The molecule has 94 valence electrons. The first-order valence-corrected chi connectivity index (χ1v) is 6.12. The number of benzene rings is 1. The van der Waals surface area contributed by atoms with Crippen LogP contribution in [-0.2, 0) is 6.42 Å². The Morgan fingerprint density at radius 3 is 2.58 bits per heavy atom. The summed E-state index contributed by atoms with van der Waals surface area (Å²) in [5.74, 6) is 0.573. The minimum atomic E-state index is 0.573. The van der Waals surface area contributed by atoms with Crippen molar-refractivity contribution in [3.8, 4) is 5.69 Å². The zero-order valence-electron chi connectivity index (χ0n) is 10.4. The third-order valence-electron chi connectivity index (χ3n) is 3.02. The van der Waals surface area contributed by atoms with E-state index >= 15 is 0 Å². The quantitative estimate of drug-likeness (QED) is 0.776. The number of aromatic nitrogens is 3. The molecule has 0 saturated heterocycles. The number of anilines is 1. The van der Waals surface area contributed by atoms with Crippen molar-refractivity contribution in [2.75, 3.05) is 5.73 Å². The Bertz CT molecular complexity index is 673. The fourth-order valence-electron chi connectivity index (χ4n) is 2.06. The predicted molar refractivity (Wildman–Crippen MR) is 75.0 cm³/mol. The summed E-state index contributed by atoms with van der Waals surface area (Å²) in [5.41, 5.74) is 9.03. The fourth-order valence-corrected chi connectivity index (χ4v) is 2.06. The molecular formula is C15H14N4. The SMILES string of the molecule is Nc1ncccc1Cc1ccnn1-c1ccccc1. The van der Waals surface area contributed by atoms with Crippen LogP contribution in [0.3, 0.4) is 0 Å². The smallest absolute Gasteiger partial charge is 0.126 e. The summed E-state index contributed by atoms with van der Waals surface area (Å²) in [6.07, 6.45) is 4.22. The van der Waals surface area contributed by atoms with Gasteiger partial charge in [-0.1, -0.05) is 24.3 Å². The molecule has 19 heavy (non-hydrogen) atoms. The number of nitrogens with two attached hydrogens (primary N) is 1. The zero-order valence-corrected chi connectivity index (χ0v) is 10.4. The van der Waals surface area contributed by atoms with Crippen molar-refractivity contribution >= 4 is 5.82 Å². The summed E-state index contributed by atoms with van der Waals surface area (Å²) in [7, 11) is 0. The molecule has 0 radical (unpaired) electrons. The Morgan fingerprint density at radius 1 is 0.947 bits per heavy atom. The average Bonchev–Trinajstić information content (AvgIpc) is 2.91. The van der Waals surface area contributed by atoms with Crippen molar-refractivity contribution in [3.05, 3.63) is 72.2 Å². The largest absolute Gasteiger partial charge is 0.383 e. The number of hydrogen-bond donors (Lipinski definition) is 1. The first-order valence-electron chi connectivity index (χ1n) is 6.12. The molecule has 3 aromatic rings. The number of hydrogen-bond acceptors (Lipinski definition) is 3. The van der Waals surface area contributed by atoms with Crippen LogP contribution in [0.15, 0.2) is 60.9 Å². The highest BCUT2D eigenvalue weighted by atomic mass is 15.3. The van der Waals surface area contributed by atoms with E-state index in [0.717, 1.165) is 16.9 Å². The van der Waals surface area contributed by atoms with Gasteiger partial charge in [0.05, 0.1) is 5.69 Å². The molecule has 4 nitrogen and oxygen atoms in total. The van der Waals surface area contributed by atoms with Crippen molar-refractivity contribution in [2.45, 2.75) is 6.42 Å². The zero-order chi connectivity index (χ0) is 13.1. The number of pyridine rings is 1. The lowest BCUT2D eigenvalue weighted by Gasteiger charge is -2.08. The van der Waals surface area contributed by atoms with Crippen molar-refractivity contribution < 1.29 is 0 Å². The first kappa shape index (κ1) is 11.5. The molecule has 2 heterocycles. The molecule has 1 aromatic carbocycles. The van der Waals surface area contributed by atoms with Gasteiger partial charge in [0.2, 0.25) is 0 Å². The average molecular weight is 250 g/mol. The number of rotatable bonds is 3. The second-order valence-electron chi connectivity index (χ2n) is 4.29. The summed E-state index contributed by atoms with van der Waals surface area (Å²) in [5, 5.41) is 4.37. The van der Waals surface area contributed by atoms with Gasteiger partial charge in [-0.3, -0.25) is 0 Å². The monoisotopic (exact) mass is 250 g/mol. The maximum absolute atomic E-state index is 5.89. The van der Waals surface area contributed by atoms with Crippen molar-refractivity contribution in [2.24, 2.45) is 0 Å². The van der Waals surface area contributed by atoms with Crippen molar-refractivity contribution in [1.82, 2.24) is 14.8 Å². The molecule has 0 bridgehead atoms. The Labute approximate surface area is 111 Å². The molecule has 4 heteroatoms. The van der Waals surface area contributed by atoms with E-state index in [1.165, 1.54) is 0 Å². The Morgan fingerprint density at radius 2 is 1.79 bits per heavy atom. The third-order valence-corrected chi connectivity index (χ3v) is 3.02. The van der Waals surface area contributed by atoms with E-state index in [-0.39, 0.29) is 0 Å². The summed E-state index contributed by atoms with van der Waals surface area (Å²) in [6.45, 7) is 0. The molecule has 2 aromatic heterocycles. The normalized spacial score (nSPS) is 10.5. The van der Waals surface area contributed by atoms with E-state index < -0.39 is 0 Å². The van der Waals surface area contributed by atoms with Crippen LogP contribution in [0.2, 0.25) is 0 Å². The summed E-state index contributed by atoms with van der Waals surface area (Å²) in [4.78, 5) is 4.11. The van der Waals surface area contributed by atoms with Crippen LogP contribution in [0, 0.1) is 0 Å². The standard InChI is InChI=1S/C15H14N4/c16-15-12(5-4-9-17-15)11-14-8-10-18-19(14)13-6-2-1-3-7-13/h1-10H,11H2,(H2,16,17). The Kier molecular flexibility index (Phi) is 2.98. The van der Waals surface area contributed by atoms with Gasteiger partial charge >= 0.3 is 0 Å². The topological polar surface area (TPSA) is 56.7 Å². The van der Waals surface area contributed by atoms with Crippen LogP contribution in [-0.4, -0.2) is 14.8 Å². The maximum Gasteiger partial charge on any atom is 0.126 e. The highest BCUT2D eigenvalue weighted by Gasteiger charge is 2.07. The predicted octanol–water partition coefficient (Wildman–Crippen LogP) is 2.44. The lowest BCUT2D eigenvalue weighted by molar-refractivity contribution is 0.823. The Hall–Kier alpha value is -2.62. The van der Waals surface area contributed by atoms with Gasteiger partial charge in [0.25, 0.3) is 0 Å². The van der Waals surface area contributed by atoms with E-state index in [9.17, 15) is 0 Å². The van der Waals surface area contributed by atoms with Gasteiger partial charge in [-0.05, 0) is 24.3 Å². The number of para-hydroxylation sites is 1. The van der Waals surface area contributed by atoms with Crippen LogP contribution in [0.4, 0.5) is 5.82 Å². The summed E-state index contributed by atoms with van der Waals surface area (Å²) in [6, 6.07) is 15.9. The van der Waals surface area contributed by atoms with Crippen molar-refractivity contribution in [1.29, 1.82) is 0 Å². The van der Waals surface area contributed by atoms with E-state index in [1.807, 2.05) is 53.2 Å². The lowest BCUT2D eigenvalue weighted by Crippen LogP contribution is -2.04. The molecular weight excluding hydrogens is 236 g/mol. The third kappa shape index (κ3) is 2.33. The molecule has 0 aliphatic rings. The van der Waals surface area contributed by atoms with E-state index in [2.05, 4.69) is 10.1 Å². The molecule has 0 amide bonds. The molecule has 0 unspecified atom stereocenters. The van der Waals surface area contributed by atoms with Crippen LogP contribution in [0.25, 0.3) is 5.69 Å². The minimum Gasteiger partial charge on any atom is -0.383 e. The second kappa shape index (κ2) is 4.94. The molecule has 3 rings (SSSR count). The minimum absolute atomic E-state index is 0.573.